The molecule has 1 aliphatic carbocycles. The molecular formula is C10H19N. The summed E-state index contributed by atoms with van der Waals surface area (Å²) in [6.45, 7) is 4.69. The second-order valence-corrected chi connectivity index (χ2v) is 4.55. The molecule has 2 aliphatic heterocycles. The van der Waals surface area contributed by atoms with Gasteiger partial charge in [0.15, 0.2) is 0 Å². The second kappa shape index (κ2) is 2.78. The molecule has 3 fully saturated rings. The minimum atomic E-state index is 0.836. The third kappa shape index (κ3) is 1.31. The largest absolute Gasteiger partial charge is 0.311 e. The lowest BCUT2D eigenvalue weighted by molar-refractivity contribution is 0.118. The van der Waals surface area contributed by atoms with Crippen LogP contribution >= 0.6 is 0 Å². The average Bonchev–Trinajstić information content (AvgIpc) is 2.06. The van der Waals surface area contributed by atoms with E-state index in [2.05, 4.69) is 19.2 Å². The highest BCUT2D eigenvalue weighted by Crippen LogP contribution is 2.35. The van der Waals surface area contributed by atoms with E-state index < -0.39 is 0 Å². The van der Waals surface area contributed by atoms with Gasteiger partial charge in [-0.25, -0.2) is 0 Å². The van der Waals surface area contributed by atoms with Gasteiger partial charge < -0.3 is 5.32 Å². The van der Waals surface area contributed by atoms with Crippen molar-refractivity contribution in [2.45, 2.75) is 51.6 Å². The Balaban J connectivity index is 2.03. The van der Waals surface area contributed by atoms with E-state index in [0.717, 1.165) is 23.9 Å². The van der Waals surface area contributed by atoms with E-state index in [0.29, 0.717) is 0 Å². The Morgan fingerprint density at radius 3 is 2.00 bits per heavy atom. The summed E-state index contributed by atoms with van der Waals surface area (Å²) in [5, 5.41) is 3.75. The standard InChI is InChI=1S/C10H19N/c1-7(2)10-8-3-5-9(11-10)6-4-8/h7-11H,3-6H2,1-2H3. The zero-order chi connectivity index (χ0) is 7.84. The first-order valence-corrected chi connectivity index (χ1v) is 5.03. The summed E-state index contributed by atoms with van der Waals surface area (Å²) in [6, 6.07) is 1.70. The molecule has 0 amide bonds. The SMILES string of the molecule is CC(C)C1NC2CCC1CC2. The molecule has 2 saturated heterocycles. The van der Waals surface area contributed by atoms with Crippen LogP contribution in [0.3, 0.4) is 0 Å². The van der Waals surface area contributed by atoms with Gasteiger partial charge in [-0.2, -0.15) is 0 Å². The Labute approximate surface area is 69.6 Å². The molecule has 0 spiro atoms. The van der Waals surface area contributed by atoms with Crippen LogP contribution in [0.15, 0.2) is 0 Å². The Hall–Kier alpha value is -0.0400. The molecule has 2 bridgehead atoms. The molecule has 2 heterocycles. The first kappa shape index (κ1) is 7.60. The predicted molar refractivity (Wildman–Crippen MR) is 47.5 cm³/mol. The zero-order valence-corrected chi connectivity index (χ0v) is 7.64. The van der Waals surface area contributed by atoms with Crippen molar-refractivity contribution < 1.29 is 0 Å². The van der Waals surface area contributed by atoms with Crippen molar-refractivity contribution >= 4 is 0 Å². The Kier molecular flexibility index (Phi) is 1.92. The van der Waals surface area contributed by atoms with Crippen LogP contribution in [0.5, 0.6) is 0 Å². The van der Waals surface area contributed by atoms with Crippen LogP contribution in [0.2, 0.25) is 0 Å². The topological polar surface area (TPSA) is 12.0 Å². The molecule has 1 heteroatoms. The first-order valence-electron chi connectivity index (χ1n) is 5.03. The first-order chi connectivity index (χ1) is 5.27. The van der Waals surface area contributed by atoms with Crippen LogP contribution in [0.25, 0.3) is 0 Å². The predicted octanol–water partition coefficient (Wildman–Crippen LogP) is 2.17. The average molecular weight is 153 g/mol. The van der Waals surface area contributed by atoms with Crippen molar-refractivity contribution in [1.29, 1.82) is 0 Å². The lowest BCUT2D eigenvalue weighted by atomic mass is 9.73. The molecule has 1 nitrogen and oxygen atoms in total. The number of rotatable bonds is 1. The van der Waals surface area contributed by atoms with E-state index in [-0.39, 0.29) is 0 Å². The van der Waals surface area contributed by atoms with Crippen molar-refractivity contribution in [2.24, 2.45) is 11.8 Å². The third-order valence-corrected chi connectivity index (χ3v) is 3.43. The molecular weight excluding hydrogens is 134 g/mol. The van der Waals surface area contributed by atoms with E-state index >= 15 is 0 Å². The summed E-state index contributed by atoms with van der Waals surface area (Å²) in [5.74, 6) is 1.84. The summed E-state index contributed by atoms with van der Waals surface area (Å²) in [6.07, 6.45) is 5.85. The van der Waals surface area contributed by atoms with Crippen molar-refractivity contribution in [2.75, 3.05) is 0 Å². The van der Waals surface area contributed by atoms with Gasteiger partial charge in [0.1, 0.15) is 0 Å². The van der Waals surface area contributed by atoms with Gasteiger partial charge >= 0.3 is 0 Å². The van der Waals surface area contributed by atoms with Gasteiger partial charge in [-0.3, -0.25) is 0 Å². The van der Waals surface area contributed by atoms with Gasteiger partial charge in [-0.1, -0.05) is 13.8 Å². The van der Waals surface area contributed by atoms with E-state index in [1.165, 1.54) is 25.7 Å². The molecule has 1 N–H and O–H groups in total. The van der Waals surface area contributed by atoms with Crippen molar-refractivity contribution in [1.82, 2.24) is 5.32 Å². The van der Waals surface area contributed by atoms with Crippen LogP contribution in [0.1, 0.15) is 39.5 Å². The summed E-state index contributed by atoms with van der Waals surface area (Å²) < 4.78 is 0. The van der Waals surface area contributed by atoms with E-state index in [9.17, 15) is 0 Å². The molecule has 64 valence electrons. The summed E-state index contributed by atoms with van der Waals surface area (Å²) in [7, 11) is 0. The molecule has 0 radical (unpaired) electrons. The van der Waals surface area contributed by atoms with Gasteiger partial charge in [0.2, 0.25) is 0 Å². The maximum atomic E-state index is 3.75. The fraction of sp³-hybridized carbons (Fsp3) is 1.00. The highest BCUT2D eigenvalue weighted by molar-refractivity contribution is 4.93. The van der Waals surface area contributed by atoms with Crippen LogP contribution in [0, 0.1) is 11.8 Å². The van der Waals surface area contributed by atoms with Crippen molar-refractivity contribution in [3.8, 4) is 0 Å². The number of hydrogen-bond acceptors (Lipinski definition) is 1. The van der Waals surface area contributed by atoms with E-state index in [1.807, 2.05) is 0 Å². The highest BCUT2D eigenvalue weighted by Gasteiger charge is 2.35. The Morgan fingerprint density at radius 1 is 1.09 bits per heavy atom. The zero-order valence-electron chi connectivity index (χ0n) is 7.64. The van der Waals surface area contributed by atoms with Gasteiger partial charge in [0.25, 0.3) is 0 Å². The monoisotopic (exact) mass is 153 g/mol. The lowest BCUT2D eigenvalue weighted by Gasteiger charge is -2.45. The summed E-state index contributed by atoms with van der Waals surface area (Å²) in [5.41, 5.74) is 0. The maximum absolute atomic E-state index is 3.75. The second-order valence-electron chi connectivity index (χ2n) is 4.55. The quantitative estimate of drug-likeness (QED) is 0.609. The fourth-order valence-electron chi connectivity index (χ4n) is 2.79. The molecule has 1 unspecified atom stereocenters. The number of piperidine rings is 2. The minimum absolute atomic E-state index is 0.836. The number of hydrogen-bond donors (Lipinski definition) is 1. The lowest BCUT2D eigenvalue weighted by Crippen LogP contribution is -2.54. The van der Waals surface area contributed by atoms with Gasteiger partial charge in [0, 0.05) is 12.1 Å². The highest BCUT2D eigenvalue weighted by atomic mass is 15.0. The van der Waals surface area contributed by atoms with Crippen molar-refractivity contribution in [3.63, 3.8) is 0 Å². The Bertz CT molecular complexity index is 134. The molecule has 0 aromatic carbocycles. The number of fused-ring (bicyclic) bond motifs is 3. The minimum Gasteiger partial charge on any atom is -0.311 e. The smallest absolute Gasteiger partial charge is 0.0121 e. The van der Waals surface area contributed by atoms with Gasteiger partial charge in [-0.15, -0.1) is 0 Å². The van der Waals surface area contributed by atoms with Crippen molar-refractivity contribution in [3.05, 3.63) is 0 Å². The molecule has 0 aromatic rings. The molecule has 0 aromatic heterocycles. The van der Waals surface area contributed by atoms with Crippen LogP contribution < -0.4 is 5.32 Å². The summed E-state index contributed by atoms with van der Waals surface area (Å²) >= 11 is 0. The van der Waals surface area contributed by atoms with Gasteiger partial charge in [-0.05, 0) is 37.5 Å². The molecule has 3 aliphatic rings. The molecule has 1 saturated carbocycles. The summed E-state index contributed by atoms with van der Waals surface area (Å²) in [4.78, 5) is 0. The van der Waals surface area contributed by atoms with Gasteiger partial charge in [0.05, 0.1) is 0 Å². The molecule has 11 heavy (non-hydrogen) atoms. The Morgan fingerprint density at radius 2 is 1.73 bits per heavy atom. The third-order valence-electron chi connectivity index (χ3n) is 3.43. The van der Waals surface area contributed by atoms with E-state index in [1.54, 1.807) is 0 Å². The fourth-order valence-corrected chi connectivity index (χ4v) is 2.79. The van der Waals surface area contributed by atoms with Crippen LogP contribution in [-0.2, 0) is 0 Å². The van der Waals surface area contributed by atoms with Crippen LogP contribution in [0.4, 0.5) is 0 Å². The van der Waals surface area contributed by atoms with E-state index in [4.69, 9.17) is 0 Å². The van der Waals surface area contributed by atoms with Crippen LogP contribution in [-0.4, -0.2) is 12.1 Å². The maximum Gasteiger partial charge on any atom is 0.0121 e. The molecule has 3 rings (SSSR count). The molecule has 1 atom stereocenters. The number of nitrogens with one attached hydrogen (secondary N) is 1. The normalized spacial score (nSPS) is 43.4.